The lowest BCUT2D eigenvalue weighted by Gasteiger charge is -2.19. The highest BCUT2D eigenvalue weighted by atomic mass is 32.2. The number of nitrogens with zero attached hydrogens (tertiary/aromatic N) is 2. The van der Waals surface area contributed by atoms with Crippen molar-refractivity contribution in [1.29, 1.82) is 0 Å². The van der Waals surface area contributed by atoms with Crippen LogP contribution in [0.25, 0.3) is 10.9 Å². The molecule has 0 bridgehead atoms. The number of carbonyl (C=O) groups excluding carboxylic acids is 1. The third-order valence-electron chi connectivity index (χ3n) is 5.17. The molecule has 1 aliphatic rings. The third-order valence-corrected chi connectivity index (χ3v) is 6.56. The van der Waals surface area contributed by atoms with E-state index >= 15 is 0 Å². The Labute approximate surface area is 175 Å². The van der Waals surface area contributed by atoms with E-state index in [-0.39, 0.29) is 29.2 Å². The Morgan fingerprint density at radius 1 is 1.13 bits per heavy atom. The summed E-state index contributed by atoms with van der Waals surface area (Å²) in [5, 5.41) is 0.337. The van der Waals surface area contributed by atoms with Crippen LogP contribution in [0, 0.1) is 0 Å². The Morgan fingerprint density at radius 2 is 1.87 bits per heavy atom. The van der Waals surface area contributed by atoms with Gasteiger partial charge in [0.05, 0.1) is 22.9 Å². The Morgan fingerprint density at radius 3 is 2.52 bits per heavy atom. The second kappa shape index (κ2) is 7.19. The van der Waals surface area contributed by atoms with Crippen molar-refractivity contribution in [2.24, 2.45) is 0 Å². The van der Waals surface area contributed by atoms with Gasteiger partial charge in [-0.1, -0.05) is 12.1 Å². The number of aromatic nitrogens is 2. The van der Waals surface area contributed by atoms with E-state index in [9.17, 15) is 26.4 Å². The summed E-state index contributed by atoms with van der Waals surface area (Å²) in [6, 6.07) is 9.48. The zero-order chi connectivity index (χ0) is 22.4. The quantitative estimate of drug-likeness (QED) is 0.640. The van der Waals surface area contributed by atoms with Gasteiger partial charge in [-0.3, -0.25) is 9.78 Å². The van der Waals surface area contributed by atoms with Crippen LogP contribution in [-0.2, 0) is 26.4 Å². The summed E-state index contributed by atoms with van der Waals surface area (Å²) >= 11 is 0. The molecule has 0 aliphatic heterocycles. The highest BCUT2D eigenvalue weighted by Gasteiger charge is 2.54. The maximum Gasteiger partial charge on any atom is 0.433 e. The molecule has 1 aromatic carbocycles. The summed E-state index contributed by atoms with van der Waals surface area (Å²) in [4.78, 5) is 20.4. The predicted octanol–water partition coefficient (Wildman–Crippen LogP) is 3.19. The van der Waals surface area contributed by atoms with Gasteiger partial charge in [0.15, 0.2) is 0 Å². The number of ether oxygens (including phenoxy) is 1. The molecular weight excluding hydrogens is 435 g/mol. The number of sulfonamides is 1. The molecule has 2 heterocycles. The summed E-state index contributed by atoms with van der Waals surface area (Å²) < 4.78 is 71.8. The number of rotatable bonds is 5. The van der Waals surface area contributed by atoms with Gasteiger partial charge in [-0.25, -0.2) is 18.1 Å². The molecule has 0 unspecified atom stereocenters. The van der Waals surface area contributed by atoms with E-state index in [4.69, 9.17) is 4.74 Å². The third kappa shape index (κ3) is 3.69. The van der Waals surface area contributed by atoms with E-state index in [1.165, 1.54) is 18.3 Å². The molecule has 2 aromatic heterocycles. The molecule has 1 aliphatic carbocycles. The standard InChI is InChI=1S/C20H16F3N3O4S/c1-30-17-13(7-8-16(25-17)20(21,22)23)19(9-10-19)18(27)26-31(28,29)15-6-2-5-14-12(15)4-3-11-24-14/h2-8,11H,9-10H2,1H3,(H,26,27). The molecule has 1 fully saturated rings. The van der Waals surface area contributed by atoms with Crippen molar-refractivity contribution >= 4 is 26.8 Å². The van der Waals surface area contributed by atoms with Crippen LogP contribution in [0.1, 0.15) is 24.1 Å². The van der Waals surface area contributed by atoms with Gasteiger partial charge in [0.1, 0.15) is 5.69 Å². The smallest absolute Gasteiger partial charge is 0.433 e. The van der Waals surface area contributed by atoms with Gasteiger partial charge in [-0.15, -0.1) is 0 Å². The highest BCUT2D eigenvalue weighted by Crippen LogP contribution is 2.51. The van der Waals surface area contributed by atoms with Gasteiger partial charge in [-0.2, -0.15) is 13.2 Å². The van der Waals surface area contributed by atoms with Gasteiger partial charge in [0.2, 0.25) is 11.8 Å². The second-order valence-electron chi connectivity index (χ2n) is 7.09. The average molecular weight is 451 g/mol. The number of nitrogens with one attached hydrogen (secondary N) is 1. The van der Waals surface area contributed by atoms with Gasteiger partial charge in [-0.05, 0) is 43.2 Å². The molecule has 0 saturated heterocycles. The lowest BCUT2D eigenvalue weighted by molar-refractivity contribution is -0.141. The van der Waals surface area contributed by atoms with Gasteiger partial charge in [0, 0.05) is 17.1 Å². The van der Waals surface area contributed by atoms with Gasteiger partial charge in [0.25, 0.3) is 10.0 Å². The van der Waals surface area contributed by atoms with Crippen LogP contribution in [0.5, 0.6) is 5.88 Å². The van der Waals surface area contributed by atoms with Crippen LogP contribution in [-0.4, -0.2) is 31.4 Å². The maximum atomic E-state index is 13.0. The number of fused-ring (bicyclic) bond motifs is 1. The lowest BCUT2D eigenvalue weighted by atomic mass is 9.96. The van der Waals surface area contributed by atoms with Crippen LogP contribution in [0.2, 0.25) is 0 Å². The van der Waals surface area contributed by atoms with Crippen molar-refractivity contribution in [3.05, 3.63) is 59.9 Å². The molecular formula is C20H16F3N3O4S. The molecule has 3 aromatic rings. The minimum Gasteiger partial charge on any atom is -0.481 e. The minimum absolute atomic E-state index is 0.107. The fourth-order valence-corrected chi connectivity index (χ4v) is 4.72. The van der Waals surface area contributed by atoms with E-state index in [1.807, 2.05) is 0 Å². The number of alkyl halides is 3. The normalized spacial score (nSPS) is 15.5. The van der Waals surface area contributed by atoms with Crippen molar-refractivity contribution in [1.82, 2.24) is 14.7 Å². The molecule has 31 heavy (non-hydrogen) atoms. The summed E-state index contributed by atoms with van der Waals surface area (Å²) in [5.41, 5.74) is -1.96. The van der Waals surface area contributed by atoms with Crippen molar-refractivity contribution in [3.63, 3.8) is 0 Å². The van der Waals surface area contributed by atoms with Gasteiger partial charge >= 0.3 is 6.18 Å². The van der Waals surface area contributed by atoms with E-state index in [2.05, 4.69) is 14.7 Å². The molecule has 0 atom stereocenters. The number of hydrogen-bond acceptors (Lipinski definition) is 6. The Kier molecular flexibility index (Phi) is 4.88. The Hall–Kier alpha value is -3.21. The SMILES string of the molecule is COc1nc(C(F)(F)F)ccc1C1(C(=O)NS(=O)(=O)c2cccc3ncccc23)CC1. The Bertz CT molecular complexity index is 1280. The van der Waals surface area contributed by atoms with E-state index in [1.54, 1.807) is 18.2 Å². The zero-order valence-electron chi connectivity index (χ0n) is 16.1. The number of carbonyl (C=O) groups is 1. The molecule has 0 radical (unpaired) electrons. The van der Waals surface area contributed by atoms with Crippen molar-refractivity contribution in [3.8, 4) is 5.88 Å². The lowest BCUT2D eigenvalue weighted by Crippen LogP contribution is -2.39. The number of benzene rings is 1. The molecule has 4 rings (SSSR count). The average Bonchev–Trinajstić information content (AvgIpc) is 3.54. The van der Waals surface area contributed by atoms with E-state index in [0.717, 1.165) is 19.2 Å². The van der Waals surface area contributed by atoms with Crippen molar-refractivity contribution in [2.75, 3.05) is 7.11 Å². The molecule has 1 N–H and O–H groups in total. The number of halogens is 3. The van der Waals surface area contributed by atoms with Gasteiger partial charge < -0.3 is 4.74 Å². The number of hydrogen-bond donors (Lipinski definition) is 1. The van der Waals surface area contributed by atoms with Crippen LogP contribution >= 0.6 is 0 Å². The van der Waals surface area contributed by atoms with Crippen LogP contribution in [0.3, 0.4) is 0 Å². The summed E-state index contributed by atoms with van der Waals surface area (Å²) in [5.74, 6) is -1.22. The topological polar surface area (TPSA) is 98.2 Å². The first kappa shape index (κ1) is 21.0. The first-order valence-electron chi connectivity index (χ1n) is 9.12. The number of pyridine rings is 2. The van der Waals surface area contributed by atoms with Crippen LogP contribution in [0.15, 0.2) is 53.6 Å². The minimum atomic E-state index is -4.68. The summed E-state index contributed by atoms with van der Waals surface area (Å²) in [6.07, 6.45) is -2.68. The van der Waals surface area contributed by atoms with Crippen molar-refractivity contribution in [2.45, 2.75) is 29.3 Å². The first-order chi connectivity index (χ1) is 14.6. The number of amides is 1. The summed E-state index contributed by atoms with van der Waals surface area (Å²) in [7, 11) is -3.13. The largest absolute Gasteiger partial charge is 0.481 e. The molecule has 7 nitrogen and oxygen atoms in total. The monoisotopic (exact) mass is 451 g/mol. The predicted molar refractivity (Wildman–Crippen MR) is 104 cm³/mol. The number of methoxy groups -OCH3 is 1. The molecule has 11 heteroatoms. The second-order valence-corrected chi connectivity index (χ2v) is 8.74. The van der Waals surface area contributed by atoms with Crippen LogP contribution < -0.4 is 9.46 Å². The Balaban J connectivity index is 1.69. The maximum absolute atomic E-state index is 13.0. The van der Waals surface area contributed by atoms with Crippen molar-refractivity contribution < 1.29 is 31.1 Å². The van der Waals surface area contributed by atoms with Crippen LogP contribution in [0.4, 0.5) is 13.2 Å². The van der Waals surface area contributed by atoms with E-state index in [0.29, 0.717) is 10.9 Å². The fraction of sp³-hybridized carbons (Fsp3) is 0.250. The zero-order valence-corrected chi connectivity index (χ0v) is 16.9. The fourth-order valence-electron chi connectivity index (χ4n) is 3.45. The molecule has 1 saturated carbocycles. The van der Waals surface area contributed by atoms with E-state index < -0.39 is 33.2 Å². The summed E-state index contributed by atoms with van der Waals surface area (Å²) in [6.45, 7) is 0. The highest BCUT2D eigenvalue weighted by molar-refractivity contribution is 7.90. The first-order valence-corrected chi connectivity index (χ1v) is 10.6. The molecule has 162 valence electrons. The molecule has 0 spiro atoms. The molecule has 1 amide bonds.